The molecule has 0 aromatic carbocycles. The zero-order chi connectivity index (χ0) is 10.7. The van der Waals surface area contributed by atoms with E-state index in [-0.39, 0.29) is 0 Å². The number of nitrogens with zero attached hydrogens (tertiary/aromatic N) is 1. The fourth-order valence-corrected chi connectivity index (χ4v) is 1.99. The minimum atomic E-state index is 0.569. The van der Waals surface area contributed by atoms with Crippen LogP contribution in [0.4, 0.5) is 5.69 Å². The van der Waals surface area contributed by atoms with Crippen LogP contribution < -0.4 is 10.6 Å². The normalized spacial score (nSPS) is 21.3. The Hall–Kier alpha value is -1.09. The van der Waals surface area contributed by atoms with Crippen molar-refractivity contribution in [3.05, 3.63) is 23.5 Å². The van der Waals surface area contributed by atoms with Gasteiger partial charge in [0.15, 0.2) is 0 Å². The van der Waals surface area contributed by atoms with Gasteiger partial charge in [-0.15, -0.1) is 0 Å². The second-order valence-electron chi connectivity index (χ2n) is 4.26. The average Bonchev–Trinajstić information content (AvgIpc) is 2.26. The van der Waals surface area contributed by atoms with E-state index in [1.54, 1.807) is 0 Å². The molecular weight excluding hydrogens is 186 g/mol. The van der Waals surface area contributed by atoms with Crippen LogP contribution in [0.1, 0.15) is 24.1 Å². The minimum absolute atomic E-state index is 0.569. The number of anilines is 1. The summed E-state index contributed by atoms with van der Waals surface area (Å²) in [6.45, 7) is 6.41. The Bertz CT molecular complexity index is 330. The SMILES string of the molecule is Cc1nccc(NC2CCCNC2)c1C. The molecule has 1 unspecified atom stereocenters. The van der Waals surface area contributed by atoms with Gasteiger partial charge in [-0.05, 0) is 44.9 Å². The van der Waals surface area contributed by atoms with Crippen molar-refractivity contribution < 1.29 is 0 Å². The van der Waals surface area contributed by atoms with Crippen molar-refractivity contribution >= 4 is 5.69 Å². The summed E-state index contributed by atoms with van der Waals surface area (Å²) in [4.78, 5) is 4.28. The molecule has 2 N–H and O–H groups in total. The zero-order valence-electron chi connectivity index (χ0n) is 9.51. The standard InChI is InChI=1S/C12H19N3/c1-9-10(2)14-7-5-12(9)15-11-4-3-6-13-8-11/h5,7,11,13H,3-4,6,8H2,1-2H3,(H,14,15). The van der Waals surface area contributed by atoms with Crippen molar-refractivity contribution in [1.82, 2.24) is 10.3 Å². The van der Waals surface area contributed by atoms with Crippen LogP contribution in [-0.2, 0) is 0 Å². The fraction of sp³-hybridized carbons (Fsp3) is 0.583. The highest BCUT2D eigenvalue weighted by Gasteiger charge is 2.13. The van der Waals surface area contributed by atoms with Crippen LogP contribution in [0, 0.1) is 13.8 Å². The van der Waals surface area contributed by atoms with E-state index >= 15 is 0 Å². The lowest BCUT2D eigenvalue weighted by Gasteiger charge is -2.25. The van der Waals surface area contributed by atoms with Crippen LogP contribution in [0.15, 0.2) is 12.3 Å². The number of nitrogens with one attached hydrogen (secondary N) is 2. The Morgan fingerprint density at radius 1 is 1.47 bits per heavy atom. The monoisotopic (exact) mass is 205 g/mol. The maximum atomic E-state index is 4.28. The molecule has 0 aliphatic carbocycles. The summed E-state index contributed by atoms with van der Waals surface area (Å²) in [5, 5.41) is 7.00. The lowest BCUT2D eigenvalue weighted by Crippen LogP contribution is -2.38. The number of hydrogen-bond donors (Lipinski definition) is 2. The molecule has 2 rings (SSSR count). The quantitative estimate of drug-likeness (QED) is 0.774. The molecule has 1 atom stereocenters. The van der Waals surface area contributed by atoms with Crippen LogP contribution in [0.25, 0.3) is 0 Å². The Labute approximate surface area is 91.3 Å². The van der Waals surface area contributed by atoms with Crippen LogP contribution in [0.5, 0.6) is 0 Å². The van der Waals surface area contributed by atoms with E-state index in [2.05, 4.69) is 35.5 Å². The van der Waals surface area contributed by atoms with E-state index in [1.807, 2.05) is 6.20 Å². The molecule has 2 heterocycles. The van der Waals surface area contributed by atoms with Crippen molar-refractivity contribution in [2.24, 2.45) is 0 Å². The minimum Gasteiger partial charge on any atom is -0.381 e. The molecule has 0 spiro atoms. The van der Waals surface area contributed by atoms with E-state index in [4.69, 9.17) is 0 Å². The molecule has 0 radical (unpaired) electrons. The highest BCUT2D eigenvalue weighted by molar-refractivity contribution is 5.52. The largest absolute Gasteiger partial charge is 0.381 e. The van der Waals surface area contributed by atoms with E-state index in [0.29, 0.717) is 6.04 Å². The number of aryl methyl sites for hydroxylation is 1. The predicted octanol–water partition coefficient (Wildman–Crippen LogP) is 1.86. The van der Waals surface area contributed by atoms with E-state index in [9.17, 15) is 0 Å². The molecule has 0 saturated carbocycles. The molecule has 3 nitrogen and oxygen atoms in total. The maximum absolute atomic E-state index is 4.28. The fourth-order valence-electron chi connectivity index (χ4n) is 1.99. The van der Waals surface area contributed by atoms with Gasteiger partial charge >= 0.3 is 0 Å². The summed E-state index contributed by atoms with van der Waals surface area (Å²) in [5.74, 6) is 0. The zero-order valence-corrected chi connectivity index (χ0v) is 9.51. The summed E-state index contributed by atoms with van der Waals surface area (Å²) in [6.07, 6.45) is 4.40. The van der Waals surface area contributed by atoms with Crippen molar-refractivity contribution in [3.8, 4) is 0 Å². The number of rotatable bonds is 2. The highest BCUT2D eigenvalue weighted by Crippen LogP contribution is 2.18. The highest BCUT2D eigenvalue weighted by atomic mass is 15.0. The molecule has 1 aliphatic heterocycles. The first-order valence-electron chi connectivity index (χ1n) is 5.67. The molecule has 15 heavy (non-hydrogen) atoms. The van der Waals surface area contributed by atoms with Gasteiger partial charge in [0.05, 0.1) is 0 Å². The molecule has 1 aliphatic rings. The molecule has 1 aromatic heterocycles. The smallest absolute Gasteiger partial charge is 0.0422 e. The lowest BCUT2D eigenvalue weighted by molar-refractivity contribution is 0.479. The van der Waals surface area contributed by atoms with Crippen molar-refractivity contribution in [3.63, 3.8) is 0 Å². The van der Waals surface area contributed by atoms with Crippen LogP contribution >= 0.6 is 0 Å². The van der Waals surface area contributed by atoms with Crippen LogP contribution in [-0.4, -0.2) is 24.1 Å². The Kier molecular flexibility index (Phi) is 3.21. The van der Waals surface area contributed by atoms with Crippen molar-refractivity contribution in [2.75, 3.05) is 18.4 Å². The second-order valence-corrected chi connectivity index (χ2v) is 4.26. The lowest BCUT2D eigenvalue weighted by atomic mass is 10.1. The molecule has 1 saturated heterocycles. The molecule has 82 valence electrons. The Morgan fingerprint density at radius 2 is 2.33 bits per heavy atom. The number of hydrogen-bond acceptors (Lipinski definition) is 3. The third kappa shape index (κ3) is 2.48. The van der Waals surface area contributed by atoms with Gasteiger partial charge in [-0.2, -0.15) is 0 Å². The summed E-state index contributed by atoms with van der Waals surface area (Å²) < 4.78 is 0. The Morgan fingerprint density at radius 3 is 3.07 bits per heavy atom. The molecule has 1 fully saturated rings. The van der Waals surface area contributed by atoms with Crippen LogP contribution in [0.2, 0.25) is 0 Å². The van der Waals surface area contributed by atoms with Crippen molar-refractivity contribution in [2.45, 2.75) is 32.7 Å². The number of aromatic nitrogens is 1. The Balaban J connectivity index is 2.06. The molecule has 0 bridgehead atoms. The summed E-state index contributed by atoms with van der Waals surface area (Å²) in [5.41, 5.74) is 3.61. The van der Waals surface area contributed by atoms with Gasteiger partial charge < -0.3 is 10.6 Å². The number of piperidine rings is 1. The summed E-state index contributed by atoms with van der Waals surface area (Å²) >= 11 is 0. The molecular formula is C12H19N3. The molecule has 1 aromatic rings. The third-order valence-electron chi connectivity index (χ3n) is 3.11. The van der Waals surface area contributed by atoms with Crippen molar-refractivity contribution in [1.29, 1.82) is 0 Å². The third-order valence-corrected chi connectivity index (χ3v) is 3.11. The van der Waals surface area contributed by atoms with Gasteiger partial charge in [-0.3, -0.25) is 4.98 Å². The van der Waals surface area contributed by atoms with Crippen LogP contribution in [0.3, 0.4) is 0 Å². The van der Waals surface area contributed by atoms with Gasteiger partial charge in [-0.1, -0.05) is 0 Å². The van der Waals surface area contributed by atoms with Gasteiger partial charge in [0, 0.05) is 30.2 Å². The summed E-state index contributed by atoms with van der Waals surface area (Å²) in [7, 11) is 0. The van der Waals surface area contributed by atoms with E-state index in [1.165, 1.54) is 24.1 Å². The first kappa shape index (κ1) is 10.4. The maximum Gasteiger partial charge on any atom is 0.0422 e. The predicted molar refractivity (Wildman–Crippen MR) is 63.2 cm³/mol. The first-order chi connectivity index (χ1) is 7.27. The van der Waals surface area contributed by atoms with E-state index < -0.39 is 0 Å². The van der Waals surface area contributed by atoms with Gasteiger partial charge in [0.25, 0.3) is 0 Å². The number of pyridine rings is 1. The van der Waals surface area contributed by atoms with E-state index in [0.717, 1.165) is 18.8 Å². The van der Waals surface area contributed by atoms with Gasteiger partial charge in [-0.25, -0.2) is 0 Å². The first-order valence-corrected chi connectivity index (χ1v) is 5.67. The molecule has 0 amide bonds. The topological polar surface area (TPSA) is 37.0 Å². The van der Waals surface area contributed by atoms with Gasteiger partial charge in [0.1, 0.15) is 0 Å². The summed E-state index contributed by atoms with van der Waals surface area (Å²) in [6, 6.07) is 2.64. The second kappa shape index (κ2) is 4.62. The molecule has 3 heteroatoms. The van der Waals surface area contributed by atoms with Gasteiger partial charge in [0.2, 0.25) is 0 Å². The average molecular weight is 205 g/mol.